The number of thioether (sulfide) groups is 1. The fourth-order valence-electron chi connectivity index (χ4n) is 0.795. The van der Waals surface area contributed by atoms with Crippen molar-refractivity contribution < 1.29 is 4.79 Å². The van der Waals surface area contributed by atoms with Crippen LogP contribution < -0.4 is 5.73 Å². The molecule has 0 spiro atoms. The van der Waals surface area contributed by atoms with Gasteiger partial charge in [0.1, 0.15) is 10.8 Å². The summed E-state index contributed by atoms with van der Waals surface area (Å²) in [5.41, 5.74) is 5.70. The standard InChI is InChI=1S/C5H4N4OS/c6-3(10)5-8-2-1-7-9-4(2)11-5/h1,5H,(H2,6,10). The summed E-state index contributed by atoms with van der Waals surface area (Å²) in [6.45, 7) is 0. The molecule has 5 nitrogen and oxygen atoms in total. The number of carbonyl (C=O) groups excluding carboxylic acids is 1. The highest BCUT2D eigenvalue weighted by Gasteiger charge is 2.29. The molecule has 0 aromatic carbocycles. The first-order valence-corrected chi connectivity index (χ1v) is 3.80. The van der Waals surface area contributed by atoms with E-state index in [2.05, 4.69) is 15.2 Å². The Morgan fingerprint density at radius 2 is 2.55 bits per heavy atom. The highest BCUT2D eigenvalue weighted by atomic mass is 32.2. The Morgan fingerprint density at radius 3 is 3.18 bits per heavy atom. The molecule has 6 heteroatoms. The van der Waals surface area contributed by atoms with Crippen LogP contribution in [0.1, 0.15) is 0 Å². The van der Waals surface area contributed by atoms with Crippen LogP contribution in [0.5, 0.6) is 0 Å². The Labute approximate surface area is 66.5 Å². The lowest BCUT2D eigenvalue weighted by atomic mass is 10.4. The van der Waals surface area contributed by atoms with Crippen LogP contribution in [-0.2, 0) is 4.79 Å². The van der Waals surface area contributed by atoms with Crippen molar-refractivity contribution in [3.05, 3.63) is 0 Å². The molecule has 0 radical (unpaired) electrons. The molecular weight excluding hydrogens is 164 g/mol. The van der Waals surface area contributed by atoms with Crippen LogP contribution in [0.2, 0.25) is 0 Å². The number of nitrogens with two attached hydrogens (primary N) is 1. The molecule has 1 unspecified atom stereocenters. The summed E-state index contributed by atoms with van der Waals surface area (Å²) in [5.74, 6) is -0.437. The molecule has 2 aliphatic heterocycles. The van der Waals surface area contributed by atoms with Gasteiger partial charge in [-0.1, -0.05) is 11.8 Å². The normalized spacial score (nSPS) is 26.4. The van der Waals surface area contributed by atoms with Gasteiger partial charge in [-0.2, -0.15) is 5.10 Å². The minimum absolute atomic E-state index is 0.437. The van der Waals surface area contributed by atoms with Gasteiger partial charge in [-0.25, -0.2) is 0 Å². The number of fused-ring (bicyclic) bond motifs is 1. The maximum absolute atomic E-state index is 10.6. The number of amides is 1. The molecule has 0 aliphatic carbocycles. The fourth-order valence-corrected chi connectivity index (χ4v) is 1.61. The van der Waals surface area contributed by atoms with E-state index in [1.165, 1.54) is 18.0 Å². The largest absolute Gasteiger partial charge is 0.367 e. The Hall–Kier alpha value is -1.17. The van der Waals surface area contributed by atoms with Gasteiger partial charge >= 0.3 is 0 Å². The summed E-state index contributed by atoms with van der Waals surface area (Å²) in [7, 11) is 0. The molecular formula is C5H4N4OS. The molecule has 0 bridgehead atoms. The number of hydrogen-bond donors (Lipinski definition) is 1. The van der Waals surface area contributed by atoms with E-state index in [-0.39, 0.29) is 0 Å². The van der Waals surface area contributed by atoms with E-state index in [1.54, 1.807) is 0 Å². The molecule has 2 rings (SSSR count). The SMILES string of the molecule is NC(=O)C1N=C2C=NN=C2S1. The maximum atomic E-state index is 10.6. The molecule has 0 aromatic rings. The lowest BCUT2D eigenvalue weighted by Gasteiger charge is -1.96. The number of aliphatic imine (C=N–C) groups is 1. The molecule has 1 atom stereocenters. The average Bonchev–Trinajstić information content (AvgIpc) is 2.40. The monoisotopic (exact) mass is 168 g/mol. The number of hydrogen-bond acceptors (Lipinski definition) is 5. The van der Waals surface area contributed by atoms with Crippen molar-refractivity contribution in [2.45, 2.75) is 5.37 Å². The van der Waals surface area contributed by atoms with E-state index in [9.17, 15) is 4.79 Å². The van der Waals surface area contributed by atoms with E-state index in [0.717, 1.165) is 0 Å². The van der Waals surface area contributed by atoms with Crippen LogP contribution in [0.4, 0.5) is 0 Å². The lowest BCUT2D eigenvalue weighted by molar-refractivity contribution is -0.117. The Balaban J connectivity index is 2.27. The van der Waals surface area contributed by atoms with Gasteiger partial charge in [0.05, 0.1) is 6.21 Å². The van der Waals surface area contributed by atoms with Crippen LogP contribution in [0.15, 0.2) is 15.2 Å². The van der Waals surface area contributed by atoms with Crippen molar-refractivity contribution >= 4 is 34.6 Å². The minimum Gasteiger partial charge on any atom is -0.367 e. The number of primary amides is 1. The highest BCUT2D eigenvalue weighted by molar-refractivity contribution is 8.17. The van der Waals surface area contributed by atoms with Gasteiger partial charge in [0, 0.05) is 0 Å². The average molecular weight is 168 g/mol. The quantitative estimate of drug-likeness (QED) is 0.566. The van der Waals surface area contributed by atoms with E-state index in [0.29, 0.717) is 10.8 Å². The summed E-state index contributed by atoms with van der Waals surface area (Å²) in [4.78, 5) is 14.6. The van der Waals surface area contributed by atoms with Gasteiger partial charge in [-0.05, 0) is 0 Å². The van der Waals surface area contributed by atoms with Crippen LogP contribution in [0.25, 0.3) is 0 Å². The molecule has 2 aliphatic rings. The topological polar surface area (TPSA) is 80.2 Å². The van der Waals surface area contributed by atoms with E-state index in [1.807, 2.05) is 0 Å². The number of nitrogens with zero attached hydrogens (tertiary/aromatic N) is 3. The molecule has 0 aromatic heterocycles. The van der Waals surface area contributed by atoms with Gasteiger partial charge in [-0.3, -0.25) is 9.79 Å². The minimum atomic E-state index is -0.504. The van der Waals surface area contributed by atoms with Crippen molar-refractivity contribution in [1.29, 1.82) is 0 Å². The van der Waals surface area contributed by atoms with Gasteiger partial charge in [0.25, 0.3) is 5.91 Å². The summed E-state index contributed by atoms with van der Waals surface area (Å²) in [5, 5.41) is 7.55. The summed E-state index contributed by atoms with van der Waals surface area (Å²) in [6, 6.07) is 0. The summed E-state index contributed by atoms with van der Waals surface area (Å²) >= 11 is 1.24. The first kappa shape index (κ1) is 6.53. The molecule has 11 heavy (non-hydrogen) atoms. The molecule has 2 N–H and O–H groups in total. The third-order valence-corrected chi connectivity index (χ3v) is 2.35. The van der Waals surface area contributed by atoms with Crippen molar-refractivity contribution in [3.63, 3.8) is 0 Å². The van der Waals surface area contributed by atoms with E-state index in [4.69, 9.17) is 5.73 Å². The first-order valence-electron chi connectivity index (χ1n) is 2.92. The summed E-state index contributed by atoms with van der Waals surface area (Å²) < 4.78 is 0. The number of carbonyl (C=O) groups is 1. The van der Waals surface area contributed by atoms with Gasteiger partial charge in [-0.15, -0.1) is 5.10 Å². The van der Waals surface area contributed by atoms with Crippen molar-refractivity contribution in [2.24, 2.45) is 20.9 Å². The fraction of sp³-hybridized carbons (Fsp3) is 0.200. The van der Waals surface area contributed by atoms with Crippen molar-refractivity contribution in [1.82, 2.24) is 0 Å². The molecule has 0 saturated carbocycles. The van der Waals surface area contributed by atoms with Crippen LogP contribution >= 0.6 is 11.8 Å². The predicted molar refractivity (Wildman–Crippen MR) is 43.9 cm³/mol. The zero-order valence-corrected chi connectivity index (χ0v) is 6.21. The van der Waals surface area contributed by atoms with Crippen molar-refractivity contribution in [2.75, 3.05) is 0 Å². The third kappa shape index (κ3) is 0.949. The Kier molecular flexibility index (Phi) is 1.28. The lowest BCUT2D eigenvalue weighted by Crippen LogP contribution is -2.22. The second-order valence-corrected chi connectivity index (χ2v) is 3.11. The van der Waals surface area contributed by atoms with Crippen molar-refractivity contribution in [3.8, 4) is 0 Å². The molecule has 2 heterocycles. The number of rotatable bonds is 1. The second-order valence-electron chi connectivity index (χ2n) is 2.04. The molecule has 0 saturated heterocycles. The summed E-state index contributed by atoms with van der Waals surface area (Å²) in [6.07, 6.45) is 1.52. The zero-order chi connectivity index (χ0) is 7.84. The van der Waals surface area contributed by atoms with Crippen LogP contribution in [0, 0.1) is 0 Å². The highest BCUT2D eigenvalue weighted by Crippen LogP contribution is 2.24. The van der Waals surface area contributed by atoms with E-state index < -0.39 is 11.3 Å². The van der Waals surface area contributed by atoms with Gasteiger partial charge in [0.15, 0.2) is 5.37 Å². The molecule has 0 fully saturated rings. The Bertz CT molecular complexity index is 306. The van der Waals surface area contributed by atoms with E-state index >= 15 is 0 Å². The Morgan fingerprint density at radius 1 is 1.73 bits per heavy atom. The zero-order valence-electron chi connectivity index (χ0n) is 5.39. The smallest absolute Gasteiger partial charge is 0.253 e. The predicted octanol–water partition coefficient (Wildman–Crippen LogP) is -0.617. The van der Waals surface area contributed by atoms with Gasteiger partial charge < -0.3 is 5.73 Å². The second kappa shape index (κ2) is 2.16. The molecule has 56 valence electrons. The first-order chi connectivity index (χ1) is 5.27. The van der Waals surface area contributed by atoms with Crippen LogP contribution in [-0.4, -0.2) is 28.3 Å². The maximum Gasteiger partial charge on any atom is 0.253 e. The van der Waals surface area contributed by atoms with Crippen LogP contribution in [0.3, 0.4) is 0 Å². The third-order valence-electron chi connectivity index (χ3n) is 1.27. The molecule has 1 amide bonds. The van der Waals surface area contributed by atoms with Gasteiger partial charge in [0.2, 0.25) is 0 Å².